The van der Waals surface area contributed by atoms with Crippen LogP contribution >= 0.6 is 0 Å². The molecular formula is C2H6O4SSn. The maximum absolute atomic E-state index is 8.52. The molecule has 0 radical (unpaired) electrons. The van der Waals surface area contributed by atoms with Gasteiger partial charge in [-0.05, 0) is 0 Å². The van der Waals surface area contributed by atoms with Gasteiger partial charge < -0.3 is 9.11 Å². The summed E-state index contributed by atoms with van der Waals surface area (Å²) in [6.07, 6.45) is 0. The Morgan fingerprint density at radius 3 is 1.25 bits per heavy atom. The molecule has 0 saturated heterocycles. The third kappa shape index (κ3) is 479. The third-order valence-corrected chi connectivity index (χ3v) is 0. The Balaban J connectivity index is 0. The van der Waals surface area contributed by atoms with Gasteiger partial charge in [-0.25, -0.2) is 0 Å². The van der Waals surface area contributed by atoms with Crippen LogP contribution in [0.15, 0.2) is 0 Å². The molecule has 0 spiro atoms. The third-order valence-electron chi connectivity index (χ3n) is 0. The molecule has 0 aromatic carbocycles. The molecule has 0 atom stereocenters. The minimum atomic E-state index is -5.17. The van der Waals surface area contributed by atoms with E-state index in [9.17, 15) is 0 Å². The minimum absolute atomic E-state index is 0.230. The van der Waals surface area contributed by atoms with Crippen molar-refractivity contribution >= 4 is 31.5 Å². The molecule has 8 heavy (non-hydrogen) atoms. The van der Waals surface area contributed by atoms with Gasteiger partial charge in [0.05, 0.1) is 0 Å². The first kappa shape index (κ1) is 11.5. The molecule has 48 valence electrons. The van der Waals surface area contributed by atoms with E-state index in [1.807, 2.05) is 0 Å². The van der Waals surface area contributed by atoms with E-state index in [0.29, 0.717) is 0 Å². The fourth-order valence-electron chi connectivity index (χ4n) is 0. The molecular weight excluding hydrogens is 239 g/mol. The van der Waals surface area contributed by atoms with Crippen LogP contribution in [0.4, 0.5) is 0 Å². The van der Waals surface area contributed by atoms with Crippen LogP contribution < -0.4 is 0 Å². The second kappa shape index (κ2) is 5.80. The van der Waals surface area contributed by atoms with E-state index < -0.39 is 10.4 Å². The molecule has 0 bridgehead atoms. The van der Waals surface area contributed by atoms with Crippen LogP contribution in [-0.2, 0) is 10.4 Å². The van der Waals surface area contributed by atoms with E-state index >= 15 is 0 Å². The summed E-state index contributed by atoms with van der Waals surface area (Å²) in [5, 5.41) is 0. The van der Waals surface area contributed by atoms with Crippen molar-refractivity contribution in [3.05, 3.63) is 0 Å². The summed E-state index contributed by atoms with van der Waals surface area (Å²) in [4.78, 5) is 4.59. The van der Waals surface area contributed by atoms with Crippen LogP contribution in [0.5, 0.6) is 0 Å². The van der Waals surface area contributed by atoms with Crippen molar-refractivity contribution in [1.82, 2.24) is 0 Å². The van der Waals surface area contributed by atoms with Crippen molar-refractivity contribution in [2.45, 2.75) is 9.88 Å². The Morgan fingerprint density at radius 1 is 1.25 bits per heavy atom. The molecule has 0 fully saturated rings. The summed E-state index contributed by atoms with van der Waals surface area (Å²) in [5.41, 5.74) is 0. The standard InChI is InChI=1S/2CH3.H2O4S.Sn/c;;1-5(2,3)4;/h2*1H3;(H2,1,2,3,4);/q;;;+2/p-2. The molecule has 4 nitrogen and oxygen atoms in total. The Hall–Kier alpha value is 0.669. The van der Waals surface area contributed by atoms with Gasteiger partial charge in [-0.2, -0.15) is 0 Å². The molecule has 0 amide bonds. The first-order valence-electron chi connectivity index (χ1n) is 1.67. The summed E-state index contributed by atoms with van der Waals surface area (Å²) < 4.78 is 34.1. The van der Waals surface area contributed by atoms with E-state index in [-0.39, 0.29) is 21.1 Å². The van der Waals surface area contributed by atoms with Crippen LogP contribution in [0.1, 0.15) is 0 Å². The van der Waals surface area contributed by atoms with Gasteiger partial charge in [0.25, 0.3) is 0 Å². The van der Waals surface area contributed by atoms with Gasteiger partial charge in [0, 0.05) is 10.4 Å². The predicted molar refractivity (Wildman–Crippen MR) is 28.0 cm³/mol. The van der Waals surface area contributed by atoms with E-state index in [2.05, 4.69) is 9.88 Å². The topological polar surface area (TPSA) is 80.3 Å². The van der Waals surface area contributed by atoms with Crippen molar-refractivity contribution in [3.63, 3.8) is 0 Å². The summed E-state index contributed by atoms with van der Waals surface area (Å²) in [7, 11) is -5.17. The Morgan fingerprint density at radius 2 is 1.25 bits per heavy atom. The Labute approximate surface area is 59.1 Å². The normalized spacial score (nSPS) is 8.50. The molecule has 0 unspecified atom stereocenters. The van der Waals surface area contributed by atoms with Crippen LogP contribution in [-0.4, -0.2) is 38.7 Å². The Bertz CT molecular complexity index is 108. The van der Waals surface area contributed by atoms with Crippen LogP contribution in [0, 0.1) is 0 Å². The monoisotopic (exact) mass is 246 g/mol. The second-order valence-electron chi connectivity index (χ2n) is 0.908. The van der Waals surface area contributed by atoms with Crippen molar-refractivity contribution in [2.75, 3.05) is 0 Å². The molecule has 0 aromatic heterocycles. The zero-order chi connectivity index (χ0) is 7.21. The average Bonchev–Trinajstić information content (AvgIpc) is 1.27. The van der Waals surface area contributed by atoms with Crippen molar-refractivity contribution in [2.24, 2.45) is 0 Å². The van der Waals surface area contributed by atoms with E-state index in [0.717, 1.165) is 0 Å². The number of hydrogen-bond acceptors (Lipinski definition) is 4. The number of hydrogen-bond donors (Lipinski definition) is 0. The first-order chi connectivity index (χ1) is 3.41. The molecule has 0 aliphatic carbocycles. The maximum atomic E-state index is 8.52. The molecule has 0 aliphatic heterocycles. The van der Waals surface area contributed by atoms with E-state index in [1.165, 1.54) is 0 Å². The van der Waals surface area contributed by atoms with Crippen molar-refractivity contribution in [3.8, 4) is 0 Å². The molecule has 0 aliphatic rings. The van der Waals surface area contributed by atoms with Gasteiger partial charge in [-0.3, -0.25) is 8.42 Å². The molecule has 0 aromatic rings. The fraction of sp³-hybridized carbons (Fsp3) is 1.00. The zero-order valence-electron chi connectivity index (χ0n) is 4.54. The van der Waals surface area contributed by atoms with E-state index in [1.54, 1.807) is 0 Å². The zero-order valence-corrected chi connectivity index (χ0v) is 8.21. The van der Waals surface area contributed by atoms with Gasteiger partial charge in [0.1, 0.15) is 0 Å². The summed E-state index contributed by atoms with van der Waals surface area (Å²) >= 11 is 0.230. The molecule has 0 heterocycles. The summed E-state index contributed by atoms with van der Waals surface area (Å²) in [6.45, 7) is 0. The molecule has 0 N–H and O–H groups in total. The second-order valence-corrected chi connectivity index (χ2v) is 4.58. The number of rotatable bonds is 0. The molecule has 0 rings (SSSR count). The van der Waals surface area contributed by atoms with Gasteiger partial charge in [0.15, 0.2) is 0 Å². The van der Waals surface area contributed by atoms with E-state index in [4.69, 9.17) is 17.5 Å². The van der Waals surface area contributed by atoms with Crippen LogP contribution in [0.25, 0.3) is 0 Å². The van der Waals surface area contributed by atoms with Crippen molar-refractivity contribution < 1.29 is 17.5 Å². The first-order valence-corrected chi connectivity index (χ1v) is 8.71. The SMILES string of the molecule is O=S(=O)([O-])[O-].[CH3][Sn+2][CH3]. The van der Waals surface area contributed by atoms with Gasteiger partial charge >= 0.3 is 31.0 Å². The summed E-state index contributed by atoms with van der Waals surface area (Å²) in [6, 6.07) is 0. The predicted octanol–water partition coefficient (Wildman–Crippen LogP) is -0.551. The Kier molecular flexibility index (Phi) is 8.31. The van der Waals surface area contributed by atoms with Gasteiger partial charge in [-0.15, -0.1) is 0 Å². The van der Waals surface area contributed by atoms with Gasteiger partial charge in [-0.1, -0.05) is 0 Å². The quantitative estimate of drug-likeness (QED) is 0.325. The molecule has 6 heteroatoms. The van der Waals surface area contributed by atoms with Crippen LogP contribution in [0.3, 0.4) is 0 Å². The summed E-state index contributed by atoms with van der Waals surface area (Å²) in [5.74, 6) is 0. The fourth-order valence-corrected chi connectivity index (χ4v) is 0. The van der Waals surface area contributed by atoms with Crippen LogP contribution in [0.2, 0.25) is 9.88 Å². The van der Waals surface area contributed by atoms with Crippen molar-refractivity contribution in [1.29, 1.82) is 0 Å². The van der Waals surface area contributed by atoms with Gasteiger partial charge in [0.2, 0.25) is 0 Å². The average molecular weight is 245 g/mol. The molecule has 0 saturated carbocycles.